The number of hydrogen-bond acceptors (Lipinski definition) is 0. The molecule has 0 saturated carbocycles. The minimum absolute atomic E-state index is 0. The predicted octanol–water partition coefficient (Wildman–Crippen LogP) is 3.80. The molecule has 0 aliphatic heterocycles. The maximum atomic E-state index is 3.49. The van der Waals surface area contributed by atoms with Gasteiger partial charge in [-0.05, 0) is 0 Å². The van der Waals surface area contributed by atoms with Gasteiger partial charge < -0.3 is 6.92 Å². The quantitative estimate of drug-likeness (QED) is 0.432. The van der Waals surface area contributed by atoms with Gasteiger partial charge in [0, 0.05) is 25.8 Å². The van der Waals surface area contributed by atoms with Gasteiger partial charge in [0.1, 0.15) is 0 Å². The largest absolute Gasteiger partial charge is 0.344 e. The van der Waals surface area contributed by atoms with Crippen molar-refractivity contribution in [3.05, 3.63) is 31.2 Å². The van der Waals surface area contributed by atoms with Crippen molar-refractivity contribution >= 4 is 37.2 Å². The molecule has 1 aliphatic rings. The molecular formula is C8H15Cl3Hf-2. The van der Waals surface area contributed by atoms with Crippen molar-refractivity contribution in [1.82, 2.24) is 0 Å². The normalized spacial score (nSPS) is 8.83. The Bertz CT molecular complexity index is 82.3. The Labute approximate surface area is 113 Å². The molecule has 0 N–H and O–H groups in total. The third-order valence-corrected chi connectivity index (χ3v) is 0.586. The minimum Gasteiger partial charge on any atom is -0.344 e. The molecule has 0 heterocycles. The number of halogens is 3. The Morgan fingerprint density at radius 3 is 1.83 bits per heavy atom. The standard InChI is InChI=1S/C5H5.C3H7.3ClH.Hf/c1-2-4-5-3-1;1-3-2;;;;/h1-3H,4H2;1,3H2,2H3;3*1H;/q2*-1;;;;. The molecule has 0 spiro atoms. The molecule has 0 saturated heterocycles. The van der Waals surface area contributed by atoms with Crippen molar-refractivity contribution in [2.75, 3.05) is 0 Å². The zero-order valence-corrected chi connectivity index (χ0v) is 13.1. The first-order valence-corrected chi connectivity index (χ1v) is 2.92. The molecule has 0 fully saturated rings. The Morgan fingerprint density at radius 1 is 1.33 bits per heavy atom. The monoisotopic (exact) mass is 396 g/mol. The van der Waals surface area contributed by atoms with E-state index in [9.17, 15) is 0 Å². The zero-order valence-electron chi connectivity index (χ0n) is 7.08. The van der Waals surface area contributed by atoms with E-state index in [1.165, 1.54) is 0 Å². The van der Waals surface area contributed by atoms with Gasteiger partial charge >= 0.3 is 0 Å². The molecule has 12 heavy (non-hydrogen) atoms. The fourth-order valence-electron chi connectivity index (χ4n) is 0.340. The van der Waals surface area contributed by atoms with E-state index in [1.807, 2.05) is 19.1 Å². The van der Waals surface area contributed by atoms with E-state index < -0.39 is 0 Å². The second kappa shape index (κ2) is 29.5. The summed E-state index contributed by atoms with van der Waals surface area (Å²) in [6.07, 6.45) is 11.0. The smallest absolute Gasteiger partial charge is 0 e. The van der Waals surface area contributed by atoms with Gasteiger partial charge in [0.25, 0.3) is 0 Å². The average Bonchev–Trinajstić information content (AvgIpc) is 2.17. The Hall–Kier alpha value is 1.22. The molecule has 0 unspecified atom stereocenters. The van der Waals surface area contributed by atoms with E-state index in [2.05, 4.69) is 19.1 Å². The van der Waals surface area contributed by atoms with E-state index in [4.69, 9.17) is 0 Å². The van der Waals surface area contributed by atoms with Crippen molar-refractivity contribution in [1.29, 1.82) is 0 Å². The maximum absolute atomic E-state index is 3.49. The first-order valence-electron chi connectivity index (χ1n) is 2.92. The molecule has 0 aromatic carbocycles. The summed E-state index contributed by atoms with van der Waals surface area (Å²) >= 11 is 0. The summed E-state index contributed by atoms with van der Waals surface area (Å²) in [5.74, 6) is 0. The van der Waals surface area contributed by atoms with Crippen LogP contribution < -0.4 is 0 Å². The third-order valence-electron chi connectivity index (χ3n) is 0.586. The summed E-state index contributed by atoms with van der Waals surface area (Å²) in [6, 6.07) is 0. The van der Waals surface area contributed by atoms with Crippen molar-refractivity contribution < 1.29 is 25.8 Å². The summed E-state index contributed by atoms with van der Waals surface area (Å²) in [5.41, 5.74) is 0. The summed E-state index contributed by atoms with van der Waals surface area (Å²) in [7, 11) is 0. The number of hydrogen-bond donors (Lipinski definition) is 0. The van der Waals surface area contributed by atoms with E-state index in [-0.39, 0.29) is 63.1 Å². The van der Waals surface area contributed by atoms with Crippen LogP contribution in [0.1, 0.15) is 19.8 Å². The number of allylic oxidation sites excluding steroid dienone is 4. The Kier molecular flexibility index (Phi) is 71.9. The fraction of sp³-hybridized carbons (Fsp3) is 0.375. The zero-order chi connectivity index (χ0) is 6.24. The molecular weight excluding hydrogens is 381 g/mol. The van der Waals surface area contributed by atoms with E-state index in [0.29, 0.717) is 0 Å². The molecule has 4 heteroatoms. The van der Waals surface area contributed by atoms with Gasteiger partial charge in [-0.15, -0.1) is 43.6 Å². The minimum atomic E-state index is 0. The molecule has 0 bridgehead atoms. The molecule has 1 rings (SSSR count). The van der Waals surface area contributed by atoms with Crippen LogP contribution in [0.2, 0.25) is 0 Å². The predicted molar refractivity (Wildman–Crippen MR) is 59.0 cm³/mol. The molecule has 0 aromatic rings. The van der Waals surface area contributed by atoms with Crippen LogP contribution in [0.15, 0.2) is 18.2 Å². The van der Waals surface area contributed by atoms with Crippen molar-refractivity contribution in [3.63, 3.8) is 0 Å². The second-order valence-electron chi connectivity index (χ2n) is 1.50. The molecule has 0 atom stereocenters. The van der Waals surface area contributed by atoms with Gasteiger partial charge in [-0.2, -0.15) is 12.5 Å². The molecule has 0 radical (unpaired) electrons. The van der Waals surface area contributed by atoms with Gasteiger partial charge in [-0.3, -0.25) is 6.08 Å². The van der Waals surface area contributed by atoms with Crippen LogP contribution in [0.3, 0.4) is 0 Å². The van der Waals surface area contributed by atoms with Crippen LogP contribution in [-0.4, -0.2) is 0 Å². The van der Waals surface area contributed by atoms with E-state index in [1.54, 1.807) is 0 Å². The Morgan fingerprint density at radius 2 is 1.75 bits per heavy atom. The topological polar surface area (TPSA) is 0 Å². The number of rotatable bonds is 0. The van der Waals surface area contributed by atoms with Crippen LogP contribution in [-0.2, 0) is 25.8 Å². The van der Waals surface area contributed by atoms with Crippen LogP contribution in [0.4, 0.5) is 0 Å². The summed E-state index contributed by atoms with van der Waals surface area (Å²) in [6.45, 7) is 5.50. The van der Waals surface area contributed by atoms with Crippen LogP contribution >= 0.6 is 37.2 Å². The third kappa shape index (κ3) is 30.3. The van der Waals surface area contributed by atoms with Gasteiger partial charge in [0.15, 0.2) is 0 Å². The maximum Gasteiger partial charge on any atom is 0 e. The van der Waals surface area contributed by atoms with E-state index in [0.717, 1.165) is 12.8 Å². The first-order chi connectivity index (χ1) is 3.91. The summed E-state index contributed by atoms with van der Waals surface area (Å²) < 4.78 is 0. The van der Waals surface area contributed by atoms with Gasteiger partial charge in [-0.25, -0.2) is 12.2 Å². The molecule has 0 nitrogen and oxygen atoms in total. The van der Waals surface area contributed by atoms with Gasteiger partial charge in [0.05, 0.1) is 0 Å². The van der Waals surface area contributed by atoms with Crippen LogP contribution in [0, 0.1) is 13.0 Å². The Balaban J connectivity index is -0.0000000219. The van der Waals surface area contributed by atoms with Gasteiger partial charge in [0.2, 0.25) is 0 Å². The summed E-state index contributed by atoms with van der Waals surface area (Å²) in [4.78, 5) is 0. The first kappa shape index (κ1) is 29.2. The molecule has 1 aliphatic carbocycles. The van der Waals surface area contributed by atoms with Crippen molar-refractivity contribution in [2.45, 2.75) is 19.8 Å². The van der Waals surface area contributed by atoms with Crippen molar-refractivity contribution in [2.24, 2.45) is 0 Å². The average molecular weight is 396 g/mol. The molecule has 0 aromatic heterocycles. The second-order valence-corrected chi connectivity index (χ2v) is 1.50. The van der Waals surface area contributed by atoms with Crippen LogP contribution in [0.25, 0.3) is 0 Å². The summed E-state index contributed by atoms with van der Waals surface area (Å²) in [5, 5.41) is 0. The SMILES string of the molecule is Cl.Cl.Cl.[C-]1=CC=CC1.[CH2-]CC.[Hf]. The van der Waals surface area contributed by atoms with Gasteiger partial charge in [-0.1, -0.05) is 6.92 Å². The van der Waals surface area contributed by atoms with E-state index >= 15 is 0 Å². The fourth-order valence-corrected chi connectivity index (χ4v) is 0.340. The van der Waals surface area contributed by atoms with Crippen LogP contribution in [0.5, 0.6) is 0 Å². The molecule has 74 valence electrons. The molecule has 0 amide bonds. The van der Waals surface area contributed by atoms with Crippen molar-refractivity contribution in [3.8, 4) is 0 Å².